The van der Waals surface area contributed by atoms with E-state index in [1.807, 2.05) is 11.8 Å². The molecule has 21 heavy (non-hydrogen) atoms. The van der Waals surface area contributed by atoms with Crippen molar-refractivity contribution in [1.29, 1.82) is 0 Å². The lowest BCUT2D eigenvalue weighted by Gasteiger charge is -2.37. The zero-order valence-corrected chi connectivity index (χ0v) is 12.6. The van der Waals surface area contributed by atoms with Crippen molar-refractivity contribution in [1.82, 2.24) is 14.9 Å². The van der Waals surface area contributed by atoms with Crippen molar-refractivity contribution < 1.29 is 9.53 Å². The number of hydrogen-bond acceptors (Lipinski definition) is 4. The van der Waals surface area contributed by atoms with Gasteiger partial charge in [0.15, 0.2) is 0 Å². The van der Waals surface area contributed by atoms with Crippen LogP contribution in [0.2, 0.25) is 0 Å². The lowest BCUT2D eigenvalue weighted by Crippen LogP contribution is -2.45. The fourth-order valence-electron chi connectivity index (χ4n) is 2.96. The quantitative estimate of drug-likeness (QED) is 0.852. The molecule has 2 fully saturated rings. The average Bonchev–Trinajstić information content (AvgIpc) is 2.45. The SMILES string of the molecule is Cc1cnc(OCC2CCCN(C(=O)C3CCC3)C2)nc1. The van der Waals surface area contributed by atoms with Crippen LogP contribution in [0.4, 0.5) is 0 Å². The molecule has 3 rings (SSSR count). The zero-order valence-electron chi connectivity index (χ0n) is 12.6. The van der Waals surface area contributed by atoms with Crippen molar-refractivity contribution >= 4 is 5.91 Å². The summed E-state index contributed by atoms with van der Waals surface area (Å²) < 4.78 is 5.67. The van der Waals surface area contributed by atoms with Crippen LogP contribution in [0.3, 0.4) is 0 Å². The number of aromatic nitrogens is 2. The second-order valence-electron chi connectivity index (χ2n) is 6.27. The number of carbonyl (C=O) groups excluding carboxylic acids is 1. The van der Waals surface area contributed by atoms with Gasteiger partial charge >= 0.3 is 6.01 Å². The van der Waals surface area contributed by atoms with Crippen molar-refractivity contribution in [2.75, 3.05) is 19.7 Å². The Morgan fingerprint density at radius 1 is 1.29 bits per heavy atom. The highest BCUT2D eigenvalue weighted by molar-refractivity contribution is 5.79. The molecule has 1 atom stereocenters. The van der Waals surface area contributed by atoms with Crippen LogP contribution in [0.25, 0.3) is 0 Å². The molecule has 2 aliphatic rings. The van der Waals surface area contributed by atoms with Gasteiger partial charge in [-0.25, -0.2) is 9.97 Å². The van der Waals surface area contributed by atoms with E-state index < -0.39 is 0 Å². The first-order valence-corrected chi connectivity index (χ1v) is 7.92. The van der Waals surface area contributed by atoms with E-state index in [4.69, 9.17) is 4.74 Å². The van der Waals surface area contributed by atoms with E-state index >= 15 is 0 Å². The van der Waals surface area contributed by atoms with Gasteiger partial charge in [-0.1, -0.05) is 6.42 Å². The summed E-state index contributed by atoms with van der Waals surface area (Å²) in [6.07, 6.45) is 9.07. The average molecular weight is 289 g/mol. The van der Waals surface area contributed by atoms with E-state index in [9.17, 15) is 4.79 Å². The number of carbonyl (C=O) groups is 1. The van der Waals surface area contributed by atoms with Gasteiger partial charge in [0.1, 0.15) is 0 Å². The molecular formula is C16H23N3O2. The maximum absolute atomic E-state index is 12.3. The predicted octanol–water partition coefficient (Wildman–Crippen LogP) is 2.20. The van der Waals surface area contributed by atoms with Gasteiger partial charge in [0.25, 0.3) is 0 Å². The van der Waals surface area contributed by atoms with E-state index in [1.54, 1.807) is 12.4 Å². The lowest BCUT2D eigenvalue weighted by atomic mass is 9.83. The summed E-state index contributed by atoms with van der Waals surface area (Å²) in [7, 11) is 0. The molecular weight excluding hydrogens is 266 g/mol. The molecule has 5 nitrogen and oxygen atoms in total. The molecule has 1 unspecified atom stereocenters. The van der Waals surface area contributed by atoms with Gasteiger partial charge < -0.3 is 9.64 Å². The van der Waals surface area contributed by atoms with Gasteiger partial charge in [-0.05, 0) is 38.2 Å². The minimum atomic E-state index is 0.296. The number of hydrogen-bond donors (Lipinski definition) is 0. The molecule has 1 aliphatic carbocycles. The summed E-state index contributed by atoms with van der Waals surface area (Å²) in [5, 5.41) is 0. The Labute approximate surface area is 125 Å². The van der Waals surface area contributed by atoms with Crippen LogP contribution in [0.1, 0.15) is 37.7 Å². The molecule has 1 aliphatic heterocycles. The van der Waals surface area contributed by atoms with Crippen LogP contribution in [0.15, 0.2) is 12.4 Å². The molecule has 0 aromatic carbocycles. The van der Waals surface area contributed by atoms with Crippen molar-refractivity contribution in [2.45, 2.75) is 39.0 Å². The van der Waals surface area contributed by atoms with Crippen LogP contribution in [0, 0.1) is 18.8 Å². The topological polar surface area (TPSA) is 55.3 Å². The van der Waals surface area contributed by atoms with E-state index in [2.05, 4.69) is 9.97 Å². The smallest absolute Gasteiger partial charge is 0.316 e. The van der Waals surface area contributed by atoms with Crippen LogP contribution in [0.5, 0.6) is 6.01 Å². The van der Waals surface area contributed by atoms with Crippen molar-refractivity contribution in [3.63, 3.8) is 0 Å². The lowest BCUT2D eigenvalue weighted by molar-refractivity contribution is -0.140. The van der Waals surface area contributed by atoms with Gasteiger partial charge in [0.05, 0.1) is 6.61 Å². The third-order valence-corrected chi connectivity index (χ3v) is 4.49. The minimum Gasteiger partial charge on any atom is -0.463 e. The van der Waals surface area contributed by atoms with E-state index in [-0.39, 0.29) is 0 Å². The number of nitrogens with zero attached hydrogens (tertiary/aromatic N) is 3. The monoisotopic (exact) mass is 289 g/mol. The van der Waals surface area contributed by atoms with Gasteiger partial charge in [0.2, 0.25) is 5.91 Å². The number of ether oxygens (including phenoxy) is 1. The van der Waals surface area contributed by atoms with Crippen molar-refractivity contribution in [3.05, 3.63) is 18.0 Å². The van der Waals surface area contributed by atoms with Crippen LogP contribution >= 0.6 is 0 Å². The van der Waals surface area contributed by atoms with Gasteiger partial charge in [-0.2, -0.15) is 0 Å². The van der Waals surface area contributed by atoms with Gasteiger partial charge in [-0.15, -0.1) is 0 Å². The first kappa shape index (κ1) is 14.3. The maximum Gasteiger partial charge on any atom is 0.316 e. The summed E-state index contributed by atoms with van der Waals surface area (Å²) in [5.41, 5.74) is 1.03. The summed E-state index contributed by atoms with van der Waals surface area (Å²) in [6.45, 7) is 4.28. The third kappa shape index (κ3) is 3.52. The number of rotatable bonds is 4. The highest BCUT2D eigenvalue weighted by atomic mass is 16.5. The molecule has 1 saturated heterocycles. The van der Waals surface area contributed by atoms with E-state index in [0.29, 0.717) is 30.4 Å². The Balaban J connectivity index is 1.49. The second-order valence-corrected chi connectivity index (χ2v) is 6.27. The van der Waals surface area contributed by atoms with E-state index in [0.717, 1.165) is 44.3 Å². The molecule has 0 N–H and O–H groups in total. The highest BCUT2D eigenvalue weighted by Gasteiger charge is 2.32. The summed E-state index contributed by atoms with van der Waals surface area (Å²) in [4.78, 5) is 22.6. The first-order chi connectivity index (χ1) is 10.2. The molecule has 1 aromatic rings. The zero-order chi connectivity index (χ0) is 14.7. The van der Waals surface area contributed by atoms with Gasteiger partial charge in [0, 0.05) is 37.3 Å². The Hall–Kier alpha value is -1.65. The third-order valence-electron chi connectivity index (χ3n) is 4.49. The summed E-state index contributed by atoms with van der Waals surface area (Å²) in [6, 6.07) is 0.433. The molecule has 0 radical (unpaired) electrons. The molecule has 1 saturated carbocycles. The Kier molecular flexibility index (Phi) is 4.36. The fraction of sp³-hybridized carbons (Fsp3) is 0.688. The normalized spacial score (nSPS) is 22.7. The first-order valence-electron chi connectivity index (χ1n) is 7.92. The van der Waals surface area contributed by atoms with Crippen LogP contribution in [-0.4, -0.2) is 40.5 Å². The predicted molar refractivity (Wildman–Crippen MR) is 78.9 cm³/mol. The molecule has 114 valence electrons. The molecule has 1 amide bonds. The molecule has 1 aromatic heterocycles. The largest absolute Gasteiger partial charge is 0.463 e. The summed E-state index contributed by atoms with van der Waals surface area (Å²) >= 11 is 0. The molecule has 0 bridgehead atoms. The number of aryl methyl sites for hydroxylation is 1. The van der Waals surface area contributed by atoms with Crippen molar-refractivity contribution in [3.8, 4) is 6.01 Å². The fourth-order valence-corrected chi connectivity index (χ4v) is 2.96. The maximum atomic E-state index is 12.3. The second kappa shape index (κ2) is 6.41. The number of amides is 1. The summed E-state index contributed by atoms with van der Waals surface area (Å²) in [5.74, 6) is 1.05. The highest BCUT2D eigenvalue weighted by Crippen LogP contribution is 2.30. The number of likely N-dealkylation sites (tertiary alicyclic amines) is 1. The molecule has 5 heteroatoms. The minimum absolute atomic E-state index is 0.296. The Morgan fingerprint density at radius 3 is 2.71 bits per heavy atom. The molecule has 0 spiro atoms. The van der Waals surface area contributed by atoms with Crippen LogP contribution in [-0.2, 0) is 4.79 Å². The van der Waals surface area contributed by atoms with Crippen molar-refractivity contribution in [2.24, 2.45) is 11.8 Å². The standard InChI is InChI=1S/C16H23N3O2/c1-12-8-17-16(18-9-12)21-11-13-4-3-7-19(10-13)15(20)14-5-2-6-14/h8-9,13-14H,2-7,10-11H2,1H3. The van der Waals surface area contributed by atoms with Crippen LogP contribution < -0.4 is 4.74 Å². The number of piperidine rings is 1. The van der Waals surface area contributed by atoms with E-state index in [1.165, 1.54) is 6.42 Å². The Morgan fingerprint density at radius 2 is 2.05 bits per heavy atom. The molecule has 2 heterocycles. The van der Waals surface area contributed by atoms with Gasteiger partial charge in [-0.3, -0.25) is 4.79 Å². The Bertz CT molecular complexity index is 485.